The maximum atomic E-state index is 13.7. The monoisotopic (exact) mass is 492 g/mol. The van der Waals surface area contributed by atoms with E-state index in [9.17, 15) is 22.4 Å². The van der Waals surface area contributed by atoms with Crippen LogP contribution in [0.2, 0.25) is 10.0 Å². The van der Waals surface area contributed by atoms with Gasteiger partial charge in [0.05, 0.1) is 22.1 Å². The highest BCUT2D eigenvalue weighted by molar-refractivity contribution is 7.89. The fourth-order valence-electron chi connectivity index (χ4n) is 2.36. The number of hydrogen-bond acceptors (Lipinski definition) is 6. The van der Waals surface area contributed by atoms with Gasteiger partial charge in [0.15, 0.2) is 18.2 Å². The van der Waals surface area contributed by atoms with Gasteiger partial charge in [-0.25, -0.2) is 12.8 Å². The number of methoxy groups -OCH3 is 1. The van der Waals surface area contributed by atoms with Gasteiger partial charge in [0.1, 0.15) is 6.54 Å². The second kappa shape index (κ2) is 10.8. The van der Waals surface area contributed by atoms with Crippen molar-refractivity contribution in [2.45, 2.75) is 11.4 Å². The molecule has 0 radical (unpaired) electrons. The normalized spacial score (nSPS) is 11.1. The molecule has 12 heteroatoms. The molecule has 0 aliphatic heterocycles. The number of nitrogens with one attached hydrogen (secondary N) is 1. The molecule has 0 aliphatic carbocycles. The number of rotatable bonds is 9. The third-order valence-electron chi connectivity index (χ3n) is 4.03. The van der Waals surface area contributed by atoms with Crippen molar-refractivity contribution < 1.29 is 31.9 Å². The lowest BCUT2D eigenvalue weighted by molar-refractivity contribution is -0.150. The maximum absolute atomic E-state index is 13.7. The first kappa shape index (κ1) is 24.9. The molecule has 168 valence electrons. The molecule has 0 saturated heterocycles. The molecule has 1 N–H and O–H groups in total. The van der Waals surface area contributed by atoms with Gasteiger partial charge in [-0.1, -0.05) is 29.3 Å². The zero-order valence-corrected chi connectivity index (χ0v) is 18.9. The fraction of sp³-hybridized carbons (Fsp3) is 0.263. The molecule has 0 heterocycles. The van der Waals surface area contributed by atoms with Crippen LogP contribution in [0.4, 0.5) is 4.39 Å². The zero-order chi connectivity index (χ0) is 23.2. The number of amides is 1. The summed E-state index contributed by atoms with van der Waals surface area (Å²) < 4.78 is 49.8. The highest BCUT2D eigenvalue weighted by Crippen LogP contribution is 2.24. The minimum absolute atomic E-state index is 0.0393. The predicted molar refractivity (Wildman–Crippen MR) is 112 cm³/mol. The SMILES string of the molecule is COc1ccc(CN(C)C(=O)COC(=O)CNS(=O)(=O)c2ccc(Cl)c(Cl)c2)cc1F. The van der Waals surface area contributed by atoms with Gasteiger partial charge in [-0.15, -0.1) is 0 Å². The summed E-state index contributed by atoms with van der Waals surface area (Å²) in [6.07, 6.45) is 0. The summed E-state index contributed by atoms with van der Waals surface area (Å²) in [6, 6.07) is 7.92. The number of hydrogen-bond donors (Lipinski definition) is 1. The summed E-state index contributed by atoms with van der Waals surface area (Å²) in [5.74, 6) is -2.01. The lowest BCUT2D eigenvalue weighted by Gasteiger charge is -2.17. The van der Waals surface area contributed by atoms with E-state index in [1.165, 1.54) is 43.3 Å². The molecular formula is C19H19Cl2FN2O6S. The molecule has 8 nitrogen and oxygen atoms in total. The van der Waals surface area contributed by atoms with Gasteiger partial charge in [0.25, 0.3) is 5.91 Å². The number of carbonyl (C=O) groups excluding carboxylic acids is 2. The summed E-state index contributed by atoms with van der Waals surface area (Å²) >= 11 is 11.5. The number of benzene rings is 2. The van der Waals surface area contributed by atoms with Gasteiger partial charge in [0, 0.05) is 13.6 Å². The average Bonchev–Trinajstić information content (AvgIpc) is 2.72. The molecule has 0 unspecified atom stereocenters. The topological polar surface area (TPSA) is 102 Å². The van der Waals surface area contributed by atoms with Crippen molar-refractivity contribution in [2.75, 3.05) is 27.3 Å². The van der Waals surface area contributed by atoms with E-state index in [0.717, 1.165) is 6.07 Å². The first-order chi connectivity index (χ1) is 14.5. The van der Waals surface area contributed by atoms with Crippen molar-refractivity contribution in [3.8, 4) is 5.75 Å². The molecule has 31 heavy (non-hydrogen) atoms. The summed E-state index contributed by atoms with van der Waals surface area (Å²) in [7, 11) is -1.25. The van der Waals surface area contributed by atoms with Crippen molar-refractivity contribution >= 4 is 45.1 Å². The van der Waals surface area contributed by atoms with Crippen LogP contribution in [-0.2, 0) is 30.9 Å². The van der Waals surface area contributed by atoms with Gasteiger partial charge >= 0.3 is 5.97 Å². The van der Waals surface area contributed by atoms with E-state index in [1.807, 2.05) is 4.72 Å². The molecule has 2 aromatic carbocycles. The van der Waals surface area contributed by atoms with E-state index < -0.39 is 40.9 Å². The Hall–Kier alpha value is -2.40. The second-order valence-corrected chi connectivity index (χ2v) is 8.86. The van der Waals surface area contributed by atoms with Crippen LogP contribution >= 0.6 is 23.2 Å². The quantitative estimate of drug-likeness (QED) is 0.539. The number of carbonyl (C=O) groups is 2. The van der Waals surface area contributed by atoms with Crippen molar-refractivity contribution in [3.05, 3.63) is 57.8 Å². The number of halogens is 3. The summed E-state index contributed by atoms with van der Waals surface area (Å²) in [6.45, 7) is -1.23. The Kier molecular flexibility index (Phi) is 8.63. The largest absolute Gasteiger partial charge is 0.494 e. The summed E-state index contributed by atoms with van der Waals surface area (Å²) in [4.78, 5) is 25.0. The average molecular weight is 493 g/mol. The number of esters is 1. The van der Waals surface area contributed by atoms with Crippen LogP contribution in [0, 0.1) is 5.82 Å². The van der Waals surface area contributed by atoms with Gasteiger partial charge in [0.2, 0.25) is 10.0 Å². The van der Waals surface area contributed by atoms with Gasteiger partial charge < -0.3 is 14.4 Å². The molecule has 0 saturated carbocycles. The van der Waals surface area contributed by atoms with Crippen LogP contribution in [0.5, 0.6) is 5.75 Å². The molecule has 2 rings (SSSR count). The van der Waals surface area contributed by atoms with Crippen LogP contribution in [0.3, 0.4) is 0 Å². The van der Waals surface area contributed by atoms with Crippen LogP contribution in [-0.4, -0.2) is 52.5 Å². The third kappa shape index (κ3) is 7.06. The zero-order valence-electron chi connectivity index (χ0n) is 16.5. The first-order valence-corrected chi connectivity index (χ1v) is 10.9. The van der Waals surface area contributed by atoms with Crippen LogP contribution in [0.25, 0.3) is 0 Å². The highest BCUT2D eigenvalue weighted by atomic mass is 35.5. The number of nitrogens with zero attached hydrogens (tertiary/aromatic N) is 1. The fourth-order valence-corrected chi connectivity index (χ4v) is 3.71. The van der Waals surface area contributed by atoms with Crippen molar-refractivity contribution in [3.63, 3.8) is 0 Å². The first-order valence-electron chi connectivity index (χ1n) is 8.70. The van der Waals surface area contributed by atoms with Crippen LogP contribution in [0.1, 0.15) is 5.56 Å². The van der Waals surface area contributed by atoms with E-state index in [2.05, 4.69) is 0 Å². The van der Waals surface area contributed by atoms with Crippen molar-refractivity contribution in [1.82, 2.24) is 9.62 Å². The number of ether oxygens (including phenoxy) is 2. The van der Waals surface area contributed by atoms with E-state index in [-0.39, 0.29) is 27.2 Å². The summed E-state index contributed by atoms with van der Waals surface area (Å²) in [5.41, 5.74) is 0.509. The molecule has 1 amide bonds. The minimum atomic E-state index is -4.04. The van der Waals surface area contributed by atoms with E-state index in [4.69, 9.17) is 32.7 Å². The predicted octanol–water partition coefficient (Wildman–Crippen LogP) is 2.62. The molecular weight excluding hydrogens is 474 g/mol. The molecule has 0 atom stereocenters. The Morgan fingerprint density at radius 3 is 2.45 bits per heavy atom. The molecule has 0 spiro atoms. The van der Waals surface area contributed by atoms with Gasteiger partial charge in [-0.05, 0) is 35.9 Å². The van der Waals surface area contributed by atoms with E-state index >= 15 is 0 Å². The second-order valence-electron chi connectivity index (χ2n) is 6.28. The Morgan fingerprint density at radius 1 is 1.13 bits per heavy atom. The Bertz CT molecular complexity index is 1080. The molecule has 2 aromatic rings. The Balaban J connectivity index is 1.83. The standard InChI is InChI=1S/C19H19Cl2FN2O6S/c1-24(10-12-3-6-17(29-2)16(22)7-12)18(25)11-30-19(26)9-23-31(27,28)13-4-5-14(20)15(21)8-13/h3-8,23H,9-11H2,1-2H3. The lowest BCUT2D eigenvalue weighted by atomic mass is 10.2. The maximum Gasteiger partial charge on any atom is 0.321 e. The number of sulfonamides is 1. The molecule has 0 aromatic heterocycles. The van der Waals surface area contributed by atoms with E-state index in [0.29, 0.717) is 5.56 Å². The van der Waals surface area contributed by atoms with Crippen molar-refractivity contribution in [2.24, 2.45) is 0 Å². The summed E-state index contributed by atoms with van der Waals surface area (Å²) in [5, 5.41) is 0.220. The Morgan fingerprint density at radius 2 is 1.84 bits per heavy atom. The third-order valence-corrected chi connectivity index (χ3v) is 6.16. The van der Waals surface area contributed by atoms with Crippen LogP contribution in [0.15, 0.2) is 41.3 Å². The lowest BCUT2D eigenvalue weighted by Crippen LogP contribution is -2.34. The Labute approximate surface area is 188 Å². The molecule has 0 bridgehead atoms. The number of likely N-dealkylation sites (N-methyl/N-ethyl adjacent to an activating group) is 1. The highest BCUT2D eigenvalue weighted by Gasteiger charge is 2.19. The molecule has 0 fully saturated rings. The minimum Gasteiger partial charge on any atom is -0.494 e. The van der Waals surface area contributed by atoms with Gasteiger partial charge in [-0.3, -0.25) is 9.59 Å². The van der Waals surface area contributed by atoms with Crippen molar-refractivity contribution in [1.29, 1.82) is 0 Å². The smallest absolute Gasteiger partial charge is 0.321 e. The van der Waals surface area contributed by atoms with Gasteiger partial charge in [-0.2, -0.15) is 4.72 Å². The van der Waals surface area contributed by atoms with E-state index in [1.54, 1.807) is 6.07 Å². The van der Waals surface area contributed by atoms with Crippen LogP contribution < -0.4 is 9.46 Å². The molecule has 0 aliphatic rings.